The highest BCUT2D eigenvalue weighted by Gasteiger charge is 2.28. The monoisotopic (exact) mass is 375 g/mol. The molecule has 27 heavy (non-hydrogen) atoms. The van der Waals surface area contributed by atoms with Crippen LogP contribution >= 0.6 is 0 Å². The van der Waals surface area contributed by atoms with Crippen molar-refractivity contribution < 1.29 is 19.1 Å². The van der Waals surface area contributed by atoms with Gasteiger partial charge in [0.05, 0.1) is 13.7 Å². The van der Waals surface area contributed by atoms with Crippen LogP contribution < -0.4 is 5.32 Å². The molecule has 0 aliphatic carbocycles. The van der Waals surface area contributed by atoms with Crippen molar-refractivity contribution in [2.45, 2.75) is 26.3 Å². The quantitative estimate of drug-likeness (QED) is 0.723. The first kappa shape index (κ1) is 20.9. The third-order valence-corrected chi connectivity index (χ3v) is 5.03. The van der Waals surface area contributed by atoms with Gasteiger partial charge in [-0.05, 0) is 18.1 Å². The molecular formula is C20H29N3O4. The smallest absolute Gasteiger partial charge is 0.328 e. The fourth-order valence-electron chi connectivity index (χ4n) is 3.09. The minimum absolute atomic E-state index is 0.00161. The molecule has 1 saturated heterocycles. The molecule has 148 valence electrons. The van der Waals surface area contributed by atoms with E-state index in [4.69, 9.17) is 4.74 Å². The van der Waals surface area contributed by atoms with Gasteiger partial charge in [-0.2, -0.15) is 0 Å². The van der Waals surface area contributed by atoms with E-state index >= 15 is 0 Å². The Bertz CT molecular complexity index is 642. The van der Waals surface area contributed by atoms with E-state index in [2.05, 4.69) is 5.32 Å². The first-order valence-electron chi connectivity index (χ1n) is 9.40. The molecule has 0 aromatic heterocycles. The third-order valence-electron chi connectivity index (χ3n) is 5.03. The van der Waals surface area contributed by atoms with Crippen LogP contribution in [-0.2, 0) is 14.3 Å². The average molecular weight is 375 g/mol. The van der Waals surface area contributed by atoms with Crippen LogP contribution in [0, 0.1) is 5.92 Å². The number of ether oxygens (including phenoxy) is 1. The molecule has 2 amide bonds. The summed E-state index contributed by atoms with van der Waals surface area (Å²) in [6.45, 7) is 6.49. The summed E-state index contributed by atoms with van der Waals surface area (Å²) in [6.07, 6.45) is 0.764. The van der Waals surface area contributed by atoms with Gasteiger partial charge in [0, 0.05) is 31.7 Å². The zero-order valence-electron chi connectivity index (χ0n) is 16.3. The SMILES string of the molecule is CC[C@@H](C)[C@H](NC(=O)CN1CCN(C(=O)c2ccccc2)CC1)C(=O)OC. The van der Waals surface area contributed by atoms with Crippen molar-refractivity contribution in [3.8, 4) is 0 Å². The van der Waals surface area contributed by atoms with E-state index < -0.39 is 12.0 Å². The van der Waals surface area contributed by atoms with Gasteiger partial charge in [-0.25, -0.2) is 4.79 Å². The number of hydrogen-bond acceptors (Lipinski definition) is 5. The van der Waals surface area contributed by atoms with Crippen LogP contribution in [0.3, 0.4) is 0 Å². The standard InChI is InChI=1S/C20H29N3O4/c1-4-15(2)18(20(26)27-3)21-17(24)14-22-10-12-23(13-11-22)19(25)16-8-6-5-7-9-16/h5-9,15,18H,4,10-14H2,1-3H3,(H,21,24)/t15-,18+/m1/s1. The van der Waals surface area contributed by atoms with Gasteiger partial charge in [0.1, 0.15) is 6.04 Å². The molecule has 1 aromatic rings. The second kappa shape index (κ2) is 10.1. The van der Waals surface area contributed by atoms with Crippen LogP contribution in [0.1, 0.15) is 30.6 Å². The summed E-state index contributed by atoms with van der Waals surface area (Å²) in [5.74, 6) is -0.603. The number of amides is 2. The van der Waals surface area contributed by atoms with Crippen molar-refractivity contribution in [1.82, 2.24) is 15.1 Å². The molecule has 7 nitrogen and oxygen atoms in total. The van der Waals surface area contributed by atoms with Crippen molar-refractivity contribution >= 4 is 17.8 Å². The van der Waals surface area contributed by atoms with Gasteiger partial charge in [-0.3, -0.25) is 14.5 Å². The van der Waals surface area contributed by atoms with Crippen molar-refractivity contribution in [3.05, 3.63) is 35.9 Å². The predicted octanol–water partition coefficient (Wildman–Crippen LogP) is 1.15. The van der Waals surface area contributed by atoms with Crippen molar-refractivity contribution in [1.29, 1.82) is 0 Å². The Labute approximate surface area is 160 Å². The molecule has 1 heterocycles. The van der Waals surface area contributed by atoms with Crippen LogP contribution in [0.25, 0.3) is 0 Å². The second-order valence-electron chi connectivity index (χ2n) is 6.89. The molecule has 0 saturated carbocycles. The van der Waals surface area contributed by atoms with E-state index in [1.54, 1.807) is 4.90 Å². The number of carbonyl (C=O) groups is 3. The van der Waals surface area contributed by atoms with Gasteiger partial charge in [0.2, 0.25) is 5.91 Å². The Morgan fingerprint density at radius 2 is 1.74 bits per heavy atom. The molecule has 1 fully saturated rings. The highest BCUT2D eigenvalue weighted by molar-refractivity contribution is 5.94. The van der Waals surface area contributed by atoms with Crippen LogP contribution in [-0.4, -0.2) is 73.5 Å². The summed E-state index contributed by atoms with van der Waals surface area (Å²) in [4.78, 5) is 40.5. The molecule has 1 aliphatic heterocycles. The highest BCUT2D eigenvalue weighted by Crippen LogP contribution is 2.11. The van der Waals surface area contributed by atoms with Gasteiger partial charge in [0.15, 0.2) is 0 Å². The van der Waals surface area contributed by atoms with Crippen LogP contribution in [0.4, 0.5) is 0 Å². The Balaban J connectivity index is 1.83. The number of carbonyl (C=O) groups excluding carboxylic acids is 3. The van der Waals surface area contributed by atoms with Gasteiger partial charge < -0.3 is 15.0 Å². The summed E-state index contributed by atoms with van der Waals surface area (Å²) >= 11 is 0. The first-order chi connectivity index (χ1) is 13.0. The second-order valence-corrected chi connectivity index (χ2v) is 6.89. The van der Waals surface area contributed by atoms with Crippen molar-refractivity contribution in [2.75, 3.05) is 39.8 Å². The molecular weight excluding hydrogens is 346 g/mol. The summed E-state index contributed by atoms with van der Waals surface area (Å²) in [5.41, 5.74) is 0.679. The number of benzene rings is 1. The summed E-state index contributed by atoms with van der Waals surface area (Å²) in [6, 6.07) is 8.57. The topological polar surface area (TPSA) is 79.0 Å². The highest BCUT2D eigenvalue weighted by atomic mass is 16.5. The lowest BCUT2D eigenvalue weighted by atomic mass is 9.99. The van der Waals surface area contributed by atoms with Crippen LogP contribution in [0.2, 0.25) is 0 Å². The van der Waals surface area contributed by atoms with Gasteiger partial charge in [0.25, 0.3) is 5.91 Å². The molecule has 2 atom stereocenters. The van der Waals surface area contributed by atoms with E-state index in [9.17, 15) is 14.4 Å². The number of piperazine rings is 1. The Kier molecular flexibility index (Phi) is 7.79. The average Bonchev–Trinajstić information content (AvgIpc) is 2.71. The maximum absolute atomic E-state index is 12.5. The normalized spacial score (nSPS) is 17.1. The molecule has 2 rings (SSSR count). The van der Waals surface area contributed by atoms with Crippen LogP contribution in [0.5, 0.6) is 0 Å². The Morgan fingerprint density at radius 3 is 2.30 bits per heavy atom. The van der Waals surface area contributed by atoms with Crippen LogP contribution in [0.15, 0.2) is 30.3 Å². The zero-order valence-corrected chi connectivity index (χ0v) is 16.3. The van der Waals surface area contributed by atoms with Gasteiger partial charge in [-0.15, -0.1) is 0 Å². The summed E-state index contributed by atoms with van der Waals surface area (Å²) in [5, 5.41) is 2.79. The summed E-state index contributed by atoms with van der Waals surface area (Å²) < 4.78 is 4.80. The fraction of sp³-hybridized carbons (Fsp3) is 0.550. The molecule has 0 unspecified atom stereocenters. The van der Waals surface area contributed by atoms with E-state index in [1.165, 1.54) is 7.11 Å². The number of esters is 1. The molecule has 1 aromatic carbocycles. The van der Waals surface area contributed by atoms with E-state index in [0.717, 1.165) is 6.42 Å². The number of methoxy groups -OCH3 is 1. The van der Waals surface area contributed by atoms with E-state index in [-0.39, 0.29) is 24.3 Å². The number of nitrogens with zero attached hydrogens (tertiary/aromatic N) is 2. The molecule has 0 radical (unpaired) electrons. The lowest BCUT2D eigenvalue weighted by molar-refractivity contribution is -0.146. The lowest BCUT2D eigenvalue weighted by Gasteiger charge is -2.34. The van der Waals surface area contributed by atoms with E-state index in [0.29, 0.717) is 31.7 Å². The number of rotatable bonds is 7. The van der Waals surface area contributed by atoms with Crippen molar-refractivity contribution in [3.63, 3.8) is 0 Å². The minimum atomic E-state index is -0.631. The predicted molar refractivity (Wildman–Crippen MR) is 102 cm³/mol. The molecule has 0 bridgehead atoms. The molecule has 7 heteroatoms. The number of hydrogen-bond donors (Lipinski definition) is 1. The maximum atomic E-state index is 12.5. The van der Waals surface area contributed by atoms with Gasteiger partial charge in [-0.1, -0.05) is 38.5 Å². The van der Waals surface area contributed by atoms with E-state index in [1.807, 2.05) is 49.1 Å². The maximum Gasteiger partial charge on any atom is 0.328 e. The van der Waals surface area contributed by atoms with Crippen molar-refractivity contribution in [2.24, 2.45) is 5.92 Å². The fourth-order valence-corrected chi connectivity index (χ4v) is 3.09. The number of nitrogens with one attached hydrogen (secondary N) is 1. The van der Waals surface area contributed by atoms with Gasteiger partial charge >= 0.3 is 5.97 Å². The first-order valence-corrected chi connectivity index (χ1v) is 9.40. The summed E-state index contributed by atoms with van der Waals surface area (Å²) in [7, 11) is 1.33. The lowest BCUT2D eigenvalue weighted by Crippen LogP contribution is -2.53. The Morgan fingerprint density at radius 1 is 1.11 bits per heavy atom. The third kappa shape index (κ3) is 5.79. The molecule has 0 spiro atoms. The zero-order chi connectivity index (χ0) is 19.8. The molecule has 1 aliphatic rings. The largest absolute Gasteiger partial charge is 0.467 e. The molecule has 1 N–H and O–H groups in total. The minimum Gasteiger partial charge on any atom is -0.467 e. The Hall–Kier alpha value is -2.41.